The highest BCUT2D eigenvalue weighted by Gasteiger charge is 2.71. The fourth-order valence-electron chi connectivity index (χ4n) is 5.83. The van der Waals surface area contributed by atoms with E-state index in [9.17, 15) is 19.5 Å². The van der Waals surface area contributed by atoms with Crippen molar-refractivity contribution in [1.29, 1.82) is 0 Å². The number of fused-ring (bicyclic) bond motifs is 2. The number of β-amino-alcohol motifs (C(OH)–C–C–N with tert-alkyl or cyclic N) is 1. The summed E-state index contributed by atoms with van der Waals surface area (Å²) in [7, 11) is 0. The van der Waals surface area contributed by atoms with Crippen molar-refractivity contribution in [2.45, 2.75) is 44.4 Å². The van der Waals surface area contributed by atoms with Gasteiger partial charge in [0.1, 0.15) is 17.6 Å². The van der Waals surface area contributed by atoms with Gasteiger partial charge in [0, 0.05) is 18.8 Å². The second kappa shape index (κ2) is 8.67. The van der Waals surface area contributed by atoms with Crippen LogP contribution in [0.25, 0.3) is 0 Å². The van der Waals surface area contributed by atoms with Gasteiger partial charge in [0.25, 0.3) is 5.91 Å². The summed E-state index contributed by atoms with van der Waals surface area (Å²) in [5.41, 5.74) is 1.41. The monoisotopic (exact) mass is 466 g/mol. The number of hydrogen-bond donors (Lipinski definition) is 1. The number of rotatable bonds is 3. The minimum Gasteiger partial charge on any atom is -0.465 e. The van der Waals surface area contributed by atoms with Gasteiger partial charge in [-0.1, -0.05) is 36.4 Å². The predicted molar refractivity (Wildman–Crippen MR) is 124 cm³/mol. The molecule has 4 aliphatic rings. The number of benzene rings is 1. The zero-order chi connectivity index (χ0) is 24.0. The molecule has 2 amide bonds. The summed E-state index contributed by atoms with van der Waals surface area (Å²) in [6.07, 6.45) is 8.20. The van der Waals surface area contributed by atoms with Gasteiger partial charge in [-0.3, -0.25) is 14.4 Å². The number of aliphatic hydroxyl groups is 1. The molecule has 8 heteroatoms. The van der Waals surface area contributed by atoms with Crippen LogP contribution in [0.4, 0.5) is 5.69 Å². The quantitative estimate of drug-likeness (QED) is 0.538. The second-order valence-electron chi connectivity index (χ2n) is 9.48. The van der Waals surface area contributed by atoms with E-state index in [1.165, 1.54) is 4.90 Å². The molecule has 1 N–H and O–H groups in total. The lowest BCUT2D eigenvalue weighted by Gasteiger charge is -2.35. The number of carbonyl (C=O) groups is 3. The molecule has 5 rings (SSSR count). The molecular formula is C26H30N2O6. The van der Waals surface area contributed by atoms with Crippen LogP contribution in [0.5, 0.6) is 0 Å². The summed E-state index contributed by atoms with van der Waals surface area (Å²) in [6.45, 7) is 4.18. The van der Waals surface area contributed by atoms with Gasteiger partial charge in [0.2, 0.25) is 5.91 Å². The molecule has 2 saturated heterocycles. The number of nitrogens with zero attached hydrogens (tertiary/aromatic N) is 2. The van der Waals surface area contributed by atoms with E-state index in [2.05, 4.69) is 0 Å². The molecule has 0 saturated carbocycles. The third-order valence-electron chi connectivity index (χ3n) is 7.35. The second-order valence-corrected chi connectivity index (χ2v) is 9.48. The van der Waals surface area contributed by atoms with Crippen molar-refractivity contribution in [1.82, 2.24) is 4.90 Å². The van der Waals surface area contributed by atoms with E-state index in [0.717, 1.165) is 23.2 Å². The van der Waals surface area contributed by atoms with Crippen LogP contribution in [0.3, 0.4) is 0 Å². The number of anilines is 1. The molecule has 1 aromatic rings. The third-order valence-corrected chi connectivity index (χ3v) is 7.35. The van der Waals surface area contributed by atoms with Gasteiger partial charge in [0.15, 0.2) is 0 Å². The topological polar surface area (TPSA) is 96.4 Å². The molecule has 34 heavy (non-hydrogen) atoms. The molecule has 1 spiro atoms. The van der Waals surface area contributed by atoms with Crippen LogP contribution in [0.1, 0.15) is 24.0 Å². The van der Waals surface area contributed by atoms with E-state index in [4.69, 9.17) is 9.47 Å². The van der Waals surface area contributed by atoms with Crippen LogP contribution in [0.15, 0.2) is 42.5 Å². The van der Waals surface area contributed by atoms with Crippen molar-refractivity contribution < 1.29 is 29.0 Å². The van der Waals surface area contributed by atoms with Gasteiger partial charge in [-0.05, 0) is 43.9 Å². The average Bonchev–Trinajstić information content (AvgIpc) is 3.21. The molecule has 180 valence electrons. The van der Waals surface area contributed by atoms with Gasteiger partial charge < -0.3 is 24.4 Å². The van der Waals surface area contributed by atoms with E-state index < -0.39 is 35.6 Å². The fourth-order valence-corrected chi connectivity index (χ4v) is 5.83. The van der Waals surface area contributed by atoms with Crippen molar-refractivity contribution in [3.8, 4) is 0 Å². The van der Waals surface area contributed by atoms with Crippen molar-refractivity contribution in [2.75, 3.05) is 31.2 Å². The maximum absolute atomic E-state index is 14.1. The number of hydrogen-bond acceptors (Lipinski definition) is 6. The third kappa shape index (κ3) is 3.39. The smallest absolute Gasteiger partial charge is 0.312 e. The molecule has 0 bridgehead atoms. The molecule has 4 aliphatic heterocycles. The van der Waals surface area contributed by atoms with E-state index in [0.29, 0.717) is 13.0 Å². The Kier molecular flexibility index (Phi) is 5.81. The molecule has 0 radical (unpaired) electrons. The summed E-state index contributed by atoms with van der Waals surface area (Å²) in [4.78, 5) is 44.0. The lowest BCUT2D eigenvalue weighted by atomic mass is 9.78. The van der Waals surface area contributed by atoms with Crippen LogP contribution in [0, 0.1) is 25.7 Å². The highest BCUT2D eigenvalue weighted by atomic mass is 16.6. The van der Waals surface area contributed by atoms with Crippen molar-refractivity contribution in [3.63, 3.8) is 0 Å². The molecule has 0 aromatic heterocycles. The number of esters is 1. The first kappa shape index (κ1) is 22.8. The van der Waals surface area contributed by atoms with Gasteiger partial charge in [-0.25, -0.2) is 0 Å². The van der Waals surface area contributed by atoms with Crippen molar-refractivity contribution >= 4 is 23.5 Å². The number of aliphatic hydroxyl groups excluding tert-OH is 1. The predicted octanol–water partition coefficient (Wildman–Crippen LogP) is 1.67. The van der Waals surface area contributed by atoms with Gasteiger partial charge >= 0.3 is 5.97 Å². The minimum atomic E-state index is -1.31. The lowest BCUT2D eigenvalue weighted by molar-refractivity contribution is -0.154. The molecule has 1 aromatic carbocycles. The Bertz CT molecular complexity index is 1080. The normalized spacial score (nSPS) is 33.9. The first-order valence-corrected chi connectivity index (χ1v) is 11.9. The minimum absolute atomic E-state index is 0.0202. The molecular weight excluding hydrogens is 436 g/mol. The summed E-state index contributed by atoms with van der Waals surface area (Å²) >= 11 is 0. The van der Waals surface area contributed by atoms with Crippen LogP contribution >= 0.6 is 0 Å². The van der Waals surface area contributed by atoms with E-state index in [-0.39, 0.29) is 31.6 Å². The van der Waals surface area contributed by atoms with Gasteiger partial charge in [0.05, 0.1) is 25.2 Å². The first-order chi connectivity index (χ1) is 16.4. The van der Waals surface area contributed by atoms with Crippen LogP contribution in [-0.2, 0) is 23.9 Å². The summed E-state index contributed by atoms with van der Waals surface area (Å²) in [5.74, 6) is -2.88. The molecule has 2 fully saturated rings. The van der Waals surface area contributed by atoms with Crippen molar-refractivity contribution in [3.05, 3.63) is 53.6 Å². The Morgan fingerprint density at radius 1 is 1.15 bits per heavy atom. The number of allylic oxidation sites excluding steroid dienone is 1. The lowest BCUT2D eigenvalue weighted by Crippen LogP contribution is -2.55. The number of amides is 2. The van der Waals surface area contributed by atoms with E-state index in [1.54, 1.807) is 11.0 Å². The maximum atomic E-state index is 14.1. The Hall–Kier alpha value is -2.97. The largest absolute Gasteiger partial charge is 0.465 e. The van der Waals surface area contributed by atoms with Crippen LogP contribution in [-0.4, -0.2) is 71.8 Å². The van der Waals surface area contributed by atoms with E-state index in [1.807, 2.05) is 50.3 Å². The maximum Gasteiger partial charge on any atom is 0.312 e. The van der Waals surface area contributed by atoms with Crippen LogP contribution in [0.2, 0.25) is 0 Å². The number of cyclic esters (lactones) is 1. The Balaban J connectivity index is 1.62. The van der Waals surface area contributed by atoms with E-state index >= 15 is 0 Å². The molecule has 8 nitrogen and oxygen atoms in total. The number of likely N-dealkylation sites (tertiary alicyclic amines) is 1. The fraction of sp³-hybridized carbons (Fsp3) is 0.500. The Labute approximate surface area is 198 Å². The standard InChI is InChI=1S/C26H30N2O6/c1-16-8-9-17(2)18(15-16)27-11-6-10-26-21(23(30)28(12-13-29)22(26)24(27)31)20-19(34-26)7-4-3-5-14-33-25(20)32/h4,6-10,15,19-22,29H,3,5,11-14H2,1-2H3/b7-4-/t19-,20+,21+,22?,26+/m1/s1. The Morgan fingerprint density at radius 3 is 2.76 bits per heavy atom. The average molecular weight is 467 g/mol. The number of aryl methyl sites for hydroxylation is 2. The Morgan fingerprint density at radius 2 is 1.97 bits per heavy atom. The summed E-state index contributed by atoms with van der Waals surface area (Å²) in [5, 5.41) is 9.74. The molecule has 0 aliphatic carbocycles. The molecule has 5 atom stereocenters. The number of ether oxygens (including phenoxy) is 2. The molecule has 4 heterocycles. The SMILES string of the molecule is Cc1ccc(C)c(N2CC=C[C@]34O[C@@H]5/C=C\CCCOC(=O)[C@@H]5[C@H]3C(=O)N(CCO)C4C2=O)c1. The zero-order valence-corrected chi connectivity index (χ0v) is 19.5. The van der Waals surface area contributed by atoms with Crippen LogP contribution < -0.4 is 4.90 Å². The van der Waals surface area contributed by atoms with Gasteiger partial charge in [-0.2, -0.15) is 0 Å². The molecule has 1 unspecified atom stereocenters. The first-order valence-electron chi connectivity index (χ1n) is 11.9. The summed E-state index contributed by atoms with van der Waals surface area (Å²) in [6, 6.07) is 4.92. The highest BCUT2D eigenvalue weighted by molar-refractivity contribution is 6.05. The number of carbonyl (C=O) groups excluding carboxylic acids is 3. The zero-order valence-electron chi connectivity index (χ0n) is 19.5. The van der Waals surface area contributed by atoms with Gasteiger partial charge in [-0.15, -0.1) is 0 Å². The summed E-state index contributed by atoms with van der Waals surface area (Å²) < 4.78 is 12.0. The van der Waals surface area contributed by atoms with Crippen molar-refractivity contribution in [2.24, 2.45) is 11.8 Å². The highest BCUT2D eigenvalue weighted by Crippen LogP contribution is 2.53.